The summed E-state index contributed by atoms with van der Waals surface area (Å²) in [5.74, 6) is 0.215. The van der Waals surface area contributed by atoms with Crippen LogP contribution in [0.2, 0.25) is 5.02 Å². The predicted octanol–water partition coefficient (Wildman–Crippen LogP) is 4.79. The molecule has 0 fully saturated rings. The number of primary amides is 1. The summed E-state index contributed by atoms with van der Waals surface area (Å²) >= 11 is 6.05. The number of phenolic OH excluding ortho intramolecular Hbond substituents is 1. The summed E-state index contributed by atoms with van der Waals surface area (Å²) in [6, 6.07) is 19.8. The van der Waals surface area contributed by atoms with Crippen molar-refractivity contribution in [3.05, 3.63) is 82.9 Å². The molecule has 126 valence electrons. The van der Waals surface area contributed by atoms with E-state index in [1.54, 1.807) is 24.3 Å². The van der Waals surface area contributed by atoms with E-state index < -0.39 is 6.03 Å². The lowest BCUT2D eigenvalue weighted by molar-refractivity contribution is 0.259. The summed E-state index contributed by atoms with van der Waals surface area (Å²) < 4.78 is 0. The molecule has 0 spiro atoms. The van der Waals surface area contributed by atoms with Gasteiger partial charge in [-0.1, -0.05) is 41.9 Å². The summed E-state index contributed by atoms with van der Waals surface area (Å²) in [6.45, 7) is 0. The Balaban J connectivity index is 1.84. The van der Waals surface area contributed by atoms with E-state index in [0.717, 1.165) is 22.3 Å². The van der Waals surface area contributed by atoms with Crippen LogP contribution < -0.4 is 11.1 Å². The van der Waals surface area contributed by atoms with Gasteiger partial charge in [-0.3, -0.25) is 0 Å². The van der Waals surface area contributed by atoms with Crippen LogP contribution in [-0.4, -0.2) is 11.1 Å². The number of nitrogens with two attached hydrogens (primary N) is 1. The second-order valence-corrected chi connectivity index (χ2v) is 6.16. The number of benzene rings is 3. The highest BCUT2D eigenvalue weighted by Gasteiger charge is 2.07. The molecule has 0 bridgehead atoms. The monoisotopic (exact) mass is 352 g/mol. The predicted molar refractivity (Wildman–Crippen MR) is 101 cm³/mol. The Bertz CT molecular complexity index is 908. The van der Waals surface area contributed by atoms with Gasteiger partial charge < -0.3 is 16.2 Å². The van der Waals surface area contributed by atoms with Gasteiger partial charge >= 0.3 is 6.03 Å². The molecule has 3 aromatic carbocycles. The highest BCUT2D eigenvalue weighted by molar-refractivity contribution is 6.30. The van der Waals surface area contributed by atoms with Gasteiger partial charge in [0.05, 0.1) is 0 Å². The minimum absolute atomic E-state index is 0.215. The molecule has 0 saturated heterocycles. The van der Waals surface area contributed by atoms with Gasteiger partial charge in [0.25, 0.3) is 0 Å². The first-order chi connectivity index (χ1) is 12.0. The van der Waals surface area contributed by atoms with Crippen molar-refractivity contribution in [1.29, 1.82) is 0 Å². The lowest BCUT2D eigenvalue weighted by atomic mass is 9.98. The van der Waals surface area contributed by atoms with Crippen LogP contribution in [0.25, 0.3) is 11.1 Å². The zero-order valence-electron chi connectivity index (χ0n) is 13.4. The summed E-state index contributed by atoms with van der Waals surface area (Å²) in [5, 5.41) is 13.3. The van der Waals surface area contributed by atoms with Gasteiger partial charge in [-0.25, -0.2) is 4.79 Å². The highest BCUT2D eigenvalue weighted by Crippen LogP contribution is 2.32. The topological polar surface area (TPSA) is 75.4 Å². The van der Waals surface area contributed by atoms with E-state index >= 15 is 0 Å². The van der Waals surface area contributed by atoms with Gasteiger partial charge in [-0.05, 0) is 59.5 Å². The van der Waals surface area contributed by atoms with Crippen molar-refractivity contribution in [2.24, 2.45) is 5.73 Å². The summed E-state index contributed by atoms with van der Waals surface area (Å²) in [6.07, 6.45) is 0.699. The van der Waals surface area contributed by atoms with Gasteiger partial charge in [0, 0.05) is 16.3 Å². The zero-order valence-corrected chi connectivity index (χ0v) is 14.1. The molecule has 0 atom stereocenters. The first-order valence-corrected chi connectivity index (χ1v) is 8.12. The zero-order chi connectivity index (χ0) is 17.8. The molecule has 0 unspecified atom stereocenters. The molecule has 0 aromatic heterocycles. The van der Waals surface area contributed by atoms with Crippen molar-refractivity contribution in [2.75, 3.05) is 5.32 Å². The maximum absolute atomic E-state index is 10.9. The Morgan fingerprint density at radius 3 is 2.40 bits per heavy atom. The molecule has 0 heterocycles. The Morgan fingerprint density at radius 2 is 1.72 bits per heavy atom. The largest absolute Gasteiger partial charge is 0.507 e. The standard InChI is InChI=1S/C20H17ClN2O2/c21-16-3-1-2-15(12-16)18-11-14(6-9-19(18)24)10-13-4-7-17(8-5-13)23-20(22)25/h1-9,11-12,24H,10H2,(H3,22,23,25). The van der Waals surface area contributed by atoms with E-state index in [-0.39, 0.29) is 5.75 Å². The maximum atomic E-state index is 10.9. The molecule has 0 radical (unpaired) electrons. The smallest absolute Gasteiger partial charge is 0.316 e. The number of phenols is 1. The van der Waals surface area contributed by atoms with Crippen molar-refractivity contribution in [3.63, 3.8) is 0 Å². The average Bonchev–Trinajstić information content (AvgIpc) is 2.58. The number of halogens is 1. The molecule has 0 saturated carbocycles. The number of hydrogen-bond acceptors (Lipinski definition) is 2. The molecule has 0 aliphatic heterocycles. The van der Waals surface area contributed by atoms with Crippen molar-refractivity contribution in [2.45, 2.75) is 6.42 Å². The fraction of sp³-hybridized carbons (Fsp3) is 0.0500. The Kier molecular flexibility index (Phi) is 4.91. The Morgan fingerprint density at radius 1 is 1.00 bits per heavy atom. The van der Waals surface area contributed by atoms with Crippen LogP contribution in [0.4, 0.5) is 10.5 Å². The molecule has 3 aromatic rings. The Labute approximate surface area is 150 Å². The normalized spacial score (nSPS) is 10.4. The minimum Gasteiger partial charge on any atom is -0.507 e. The van der Waals surface area contributed by atoms with E-state index in [1.165, 1.54) is 0 Å². The van der Waals surface area contributed by atoms with Crippen LogP contribution in [0.3, 0.4) is 0 Å². The first kappa shape index (κ1) is 16.9. The summed E-state index contributed by atoms with van der Waals surface area (Å²) in [5.41, 5.74) is 9.50. The number of anilines is 1. The number of hydrogen-bond donors (Lipinski definition) is 3. The van der Waals surface area contributed by atoms with Crippen LogP contribution in [0, 0.1) is 0 Å². The van der Waals surface area contributed by atoms with Gasteiger partial charge in [-0.15, -0.1) is 0 Å². The second-order valence-electron chi connectivity index (χ2n) is 5.72. The third kappa shape index (κ3) is 4.31. The SMILES string of the molecule is NC(=O)Nc1ccc(Cc2ccc(O)c(-c3cccc(Cl)c3)c2)cc1. The quantitative estimate of drug-likeness (QED) is 0.631. The lowest BCUT2D eigenvalue weighted by Gasteiger charge is -2.09. The fourth-order valence-electron chi connectivity index (χ4n) is 2.66. The molecule has 0 aliphatic carbocycles. The molecule has 4 nitrogen and oxygen atoms in total. The van der Waals surface area contributed by atoms with Crippen molar-refractivity contribution in [1.82, 2.24) is 0 Å². The van der Waals surface area contributed by atoms with E-state index in [4.69, 9.17) is 17.3 Å². The number of amides is 2. The minimum atomic E-state index is -0.586. The number of carbonyl (C=O) groups is 1. The van der Waals surface area contributed by atoms with E-state index in [2.05, 4.69) is 5.32 Å². The molecule has 25 heavy (non-hydrogen) atoms. The Hall–Kier alpha value is -2.98. The number of aromatic hydroxyl groups is 1. The van der Waals surface area contributed by atoms with Crippen molar-refractivity contribution < 1.29 is 9.90 Å². The van der Waals surface area contributed by atoms with Crippen molar-refractivity contribution in [3.8, 4) is 16.9 Å². The second kappa shape index (κ2) is 7.28. The van der Waals surface area contributed by atoms with E-state index in [1.807, 2.05) is 42.5 Å². The lowest BCUT2D eigenvalue weighted by Crippen LogP contribution is -2.19. The van der Waals surface area contributed by atoms with Gasteiger partial charge in [0.1, 0.15) is 5.75 Å². The fourth-order valence-corrected chi connectivity index (χ4v) is 2.85. The van der Waals surface area contributed by atoms with Crippen LogP contribution in [-0.2, 0) is 6.42 Å². The van der Waals surface area contributed by atoms with Crippen LogP contribution in [0.5, 0.6) is 5.75 Å². The van der Waals surface area contributed by atoms with Gasteiger partial charge in [0.2, 0.25) is 0 Å². The third-order valence-electron chi connectivity index (χ3n) is 3.83. The third-order valence-corrected chi connectivity index (χ3v) is 4.06. The number of carbonyl (C=O) groups excluding carboxylic acids is 1. The van der Waals surface area contributed by atoms with Gasteiger partial charge in [0.15, 0.2) is 0 Å². The van der Waals surface area contributed by atoms with Crippen molar-refractivity contribution >= 4 is 23.3 Å². The first-order valence-electron chi connectivity index (χ1n) is 7.74. The molecule has 0 aliphatic rings. The maximum Gasteiger partial charge on any atom is 0.316 e. The van der Waals surface area contributed by atoms with E-state index in [9.17, 15) is 9.90 Å². The number of urea groups is 1. The van der Waals surface area contributed by atoms with E-state index in [0.29, 0.717) is 17.1 Å². The molecule has 5 heteroatoms. The van der Waals surface area contributed by atoms with Crippen LogP contribution in [0.15, 0.2) is 66.7 Å². The average molecular weight is 353 g/mol. The molecular weight excluding hydrogens is 336 g/mol. The summed E-state index contributed by atoms with van der Waals surface area (Å²) in [4.78, 5) is 10.9. The highest BCUT2D eigenvalue weighted by atomic mass is 35.5. The van der Waals surface area contributed by atoms with Crippen LogP contribution >= 0.6 is 11.6 Å². The van der Waals surface area contributed by atoms with Crippen LogP contribution in [0.1, 0.15) is 11.1 Å². The summed E-state index contributed by atoms with van der Waals surface area (Å²) in [7, 11) is 0. The molecular formula is C20H17ClN2O2. The number of nitrogens with one attached hydrogen (secondary N) is 1. The molecule has 3 rings (SSSR count). The molecule has 4 N–H and O–H groups in total. The van der Waals surface area contributed by atoms with Gasteiger partial charge in [-0.2, -0.15) is 0 Å². The molecule has 2 amide bonds. The number of rotatable bonds is 4.